The van der Waals surface area contributed by atoms with Crippen molar-refractivity contribution in [3.8, 4) is 0 Å². The molecule has 0 atom stereocenters. The number of nitrogens with one attached hydrogen (secondary N) is 1. The van der Waals surface area contributed by atoms with E-state index in [1.54, 1.807) is 12.8 Å². The maximum absolute atomic E-state index is 10.2. The van der Waals surface area contributed by atoms with Gasteiger partial charge >= 0.3 is 5.97 Å². The number of hydrogen-bond donors (Lipinski definition) is 1. The first-order valence-corrected chi connectivity index (χ1v) is 2.23. The van der Waals surface area contributed by atoms with Crippen LogP contribution in [0.15, 0.2) is 6.08 Å². The minimum atomic E-state index is -0.512. The first kappa shape index (κ1) is 6.92. The molecule has 0 aromatic heterocycles. The minimum absolute atomic E-state index is 0.344. The fourth-order valence-electron chi connectivity index (χ4n) is 0.243. The molecule has 0 spiro atoms. The number of esters is 1. The van der Waals surface area contributed by atoms with Crippen molar-refractivity contribution in [2.75, 3.05) is 6.61 Å². The van der Waals surface area contributed by atoms with Crippen LogP contribution in [-0.4, -0.2) is 18.4 Å². The predicted octanol–water partition coefficient (Wildman–Crippen LogP) is 0.354. The molecule has 0 aliphatic carbocycles. The summed E-state index contributed by atoms with van der Waals surface area (Å²) in [5, 5.41) is 6.31. The van der Waals surface area contributed by atoms with Gasteiger partial charge in [-0.05, 0) is 12.8 Å². The summed E-state index contributed by atoms with van der Waals surface area (Å²) in [5.74, 6) is 1.29. The third-order valence-corrected chi connectivity index (χ3v) is 0.477. The summed E-state index contributed by atoms with van der Waals surface area (Å²) in [6.07, 6.45) is 0.934. The molecule has 0 rings (SSSR count). The smallest absolute Gasteiger partial charge is 0.340 e. The Morgan fingerprint density at radius 3 is 3.00 bits per heavy atom. The zero-order valence-corrected chi connectivity index (χ0v) is 4.60. The van der Waals surface area contributed by atoms with Crippen LogP contribution in [0.25, 0.3) is 0 Å². The highest BCUT2D eigenvalue weighted by atomic mass is 16.5. The normalized spacial score (nSPS) is 7.12. The number of ether oxygens (including phenoxy) is 1. The first-order valence-electron chi connectivity index (χ1n) is 2.23. The quantitative estimate of drug-likeness (QED) is 0.319. The van der Waals surface area contributed by atoms with E-state index in [1.165, 1.54) is 0 Å². The van der Waals surface area contributed by atoms with Crippen LogP contribution in [-0.2, 0) is 9.53 Å². The molecule has 0 aromatic rings. The molecule has 1 N–H and O–H groups in total. The van der Waals surface area contributed by atoms with Gasteiger partial charge in [0.05, 0.1) is 12.7 Å². The number of carbonyl (C=O) groups is 1. The summed E-state index contributed by atoms with van der Waals surface area (Å²) in [6, 6.07) is 0. The summed E-state index contributed by atoms with van der Waals surface area (Å²) >= 11 is 0. The molecule has 3 nitrogen and oxygen atoms in total. The fourth-order valence-corrected chi connectivity index (χ4v) is 0.243. The SMILES string of the molecule is CCOC(=O)C=C=N. The van der Waals surface area contributed by atoms with Crippen molar-refractivity contribution in [2.24, 2.45) is 0 Å². The number of hydrogen-bond acceptors (Lipinski definition) is 3. The van der Waals surface area contributed by atoms with Gasteiger partial charge in [-0.25, -0.2) is 4.79 Å². The molecule has 3 heteroatoms. The second kappa shape index (κ2) is 4.09. The molecule has 0 aliphatic heterocycles. The molecular formula is C5H7NO2. The Labute approximate surface area is 47.5 Å². The highest BCUT2D eigenvalue weighted by Gasteiger charge is 1.89. The maximum atomic E-state index is 10.2. The van der Waals surface area contributed by atoms with Gasteiger partial charge < -0.3 is 4.74 Å². The fraction of sp³-hybridized carbons (Fsp3) is 0.400. The molecule has 44 valence electrons. The second-order valence-corrected chi connectivity index (χ2v) is 1.04. The van der Waals surface area contributed by atoms with Gasteiger partial charge in [0.1, 0.15) is 0 Å². The van der Waals surface area contributed by atoms with Crippen molar-refractivity contribution < 1.29 is 9.53 Å². The number of carbonyl (C=O) groups excluding carboxylic acids is 1. The van der Waals surface area contributed by atoms with Crippen molar-refractivity contribution in [2.45, 2.75) is 6.92 Å². The Morgan fingerprint density at radius 1 is 2.00 bits per heavy atom. The van der Waals surface area contributed by atoms with Crippen molar-refractivity contribution in [1.82, 2.24) is 0 Å². The Balaban J connectivity index is 3.49. The topological polar surface area (TPSA) is 50.2 Å². The average molecular weight is 113 g/mol. The van der Waals surface area contributed by atoms with E-state index in [4.69, 9.17) is 5.41 Å². The molecule has 0 unspecified atom stereocenters. The van der Waals surface area contributed by atoms with Crippen LogP contribution in [0.2, 0.25) is 0 Å². The van der Waals surface area contributed by atoms with Gasteiger partial charge in [-0.15, -0.1) is 0 Å². The molecule has 0 aliphatic rings. The van der Waals surface area contributed by atoms with Crippen LogP contribution >= 0.6 is 0 Å². The zero-order valence-electron chi connectivity index (χ0n) is 4.60. The van der Waals surface area contributed by atoms with E-state index in [0.717, 1.165) is 6.08 Å². The van der Waals surface area contributed by atoms with Gasteiger partial charge in [0, 0.05) is 0 Å². The predicted molar refractivity (Wildman–Crippen MR) is 28.9 cm³/mol. The Hall–Kier alpha value is -1.08. The van der Waals surface area contributed by atoms with Gasteiger partial charge in [-0.2, -0.15) is 0 Å². The summed E-state index contributed by atoms with van der Waals surface area (Å²) < 4.78 is 4.41. The molecule has 0 fully saturated rings. The Kier molecular flexibility index (Phi) is 3.54. The van der Waals surface area contributed by atoms with E-state index in [9.17, 15) is 4.79 Å². The number of rotatable bonds is 2. The van der Waals surface area contributed by atoms with E-state index in [1.807, 2.05) is 0 Å². The Bertz CT molecular complexity index is 124. The molecule has 0 saturated heterocycles. The molecular weight excluding hydrogens is 106 g/mol. The van der Waals surface area contributed by atoms with E-state index in [2.05, 4.69) is 4.74 Å². The molecule has 0 saturated carbocycles. The monoisotopic (exact) mass is 113 g/mol. The highest BCUT2D eigenvalue weighted by molar-refractivity contribution is 5.90. The second-order valence-electron chi connectivity index (χ2n) is 1.04. The van der Waals surface area contributed by atoms with Gasteiger partial charge in [0.15, 0.2) is 0 Å². The first-order chi connectivity index (χ1) is 3.81. The third kappa shape index (κ3) is 3.12. The zero-order chi connectivity index (χ0) is 6.41. The van der Waals surface area contributed by atoms with Crippen LogP contribution in [0.3, 0.4) is 0 Å². The maximum Gasteiger partial charge on any atom is 0.340 e. The van der Waals surface area contributed by atoms with E-state index < -0.39 is 5.97 Å². The molecule has 0 radical (unpaired) electrons. The van der Waals surface area contributed by atoms with Crippen LogP contribution < -0.4 is 0 Å². The van der Waals surface area contributed by atoms with Gasteiger partial charge in [-0.3, -0.25) is 5.41 Å². The van der Waals surface area contributed by atoms with E-state index in [0.29, 0.717) is 6.61 Å². The van der Waals surface area contributed by atoms with E-state index in [-0.39, 0.29) is 0 Å². The van der Waals surface area contributed by atoms with Crippen LogP contribution in [0.4, 0.5) is 0 Å². The lowest BCUT2D eigenvalue weighted by atomic mass is 10.6. The van der Waals surface area contributed by atoms with Crippen molar-refractivity contribution in [3.05, 3.63) is 6.08 Å². The summed E-state index contributed by atoms with van der Waals surface area (Å²) in [6.45, 7) is 2.05. The minimum Gasteiger partial charge on any atom is -0.462 e. The third-order valence-electron chi connectivity index (χ3n) is 0.477. The molecule has 0 bridgehead atoms. The lowest BCUT2D eigenvalue weighted by molar-refractivity contribution is -0.137. The molecule has 0 aromatic carbocycles. The summed E-state index contributed by atoms with van der Waals surface area (Å²) in [4.78, 5) is 10.2. The van der Waals surface area contributed by atoms with Crippen LogP contribution in [0.5, 0.6) is 0 Å². The lowest BCUT2D eigenvalue weighted by Gasteiger charge is -1.90. The molecule has 0 heterocycles. The van der Waals surface area contributed by atoms with Gasteiger partial charge in [0.25, 0.3) is 0 Å². The molecule has 8 heavy (non-hydrogen) atoms. The van der Waals surface area contributed by atoms with E-state index >= 15 is 0 Å². The summed E-state index contributed by atoms with van der Waals surface area (Å²) in [5.41, 5.74) is 0. The van der Waals surface area contributed by atoms with Crippen LogP contribution in [0.1, 0.15) is 6.92 Å². The van der Waals surface area contributed by atoms with Crippen molar-refractivity contribution in [3.63, 3.8) is 0 Å². The largest absolute Gasteiger partial charge is 0.462 e. The van der Waals surface area contributed by atoms with Crippen molar-refractivity contribution >= 4 is 11.8 Å². The lowest BCUT2D eigenvalue weighted by Crippen LogP contribution is -1.98. The van der Waals surface area contributed by atoms with Gasteiger partial charge in [-0.1, -0.05) is 0 Å². The summed E-state index contributed by atoms with van der Waals surface area (Å²) in [7, 11) is 0. The highest BCUT2D eigenvalue weighted by Crippen LogP contribution is 1.74. The Morgan fingerprint density at radius 2 is 2.62 bits per heavy atom. The molecule has 0 amide bonds. The average Bonchev–Trinajstić information content (AvgIpc) is 1.68. The standard InChI is InChI=1S/C5H7NO2/c1-2-8-5(7)3-4-6/h3,6H,2H2,1H3. The van der Waals surface area contributed by atoms with Crippen LogP contribution in [0, 0.1) is 5.41 Å². The van der Waals surface area contributed by atoms with Gasteiger partial charge in [0.2, 0.25) is 0 Å². The van der Waals surface area contributed by atoms with Crippen molar-refractivity contribution in [1.29, 1.82) is 5.41 Å².